The highest BCUT2D eigenvalue weighted by atomic mass is 19.4. The van der Waals surface area contributed by atoms with Crippen LogP contribution in [0.4, 0.5) is 13.2 Å². The maximum absolute atomic E-state index is 14.0. The normalized spacial score (nSPS) is 14.1. The van der Waals surface area contributed by atoms with E-state index >= 15 is 0 Å². The molecule has 3 aromatic carbocycles. The van der Waals surface area contributed by atoms with Gasteiger partial charge in [-0.1, -0.05) is 78.9 Å². The monoisotopic (exact) mass is 489 g/mol. The molecule has 0 amide bonds. The number of benzene rings is 3. The maximum atomic E-state index is 14.0. The summed E-state index contributed by atoms with van der Waals surface area (Å²) in [7, 11) is 0. The topological polar surface area (TPSA) is 38.1 Å². The van der Waals surface area contributed by atoms with Crippen molar-refractivity contribution in [3.8, 4) is 0 Å². The number of aromatic nitrogens is 2. The van der Waals surface area contributed by atoms with Crippen LogP contribution in [0, 0.1) is 6.92 Å². The first-order valence-electron chi connectivity index (χ1n) is 11.9. The number of hydrogen-bond donors (Lipinski definition) is 0. The molecule has 0 N–H and O–H groups in total. The smallest absolute Gasteiger partial charge is 0.294 e. The lowest BCUT2D eigenvalue weighted by molar-refractivity contribution is -0.138. The number of alkyl halides is 3. The second kappa shape index (κ2) is 9.74. The van der Waals surface area contributed by atoms with Gasteiger partial charge in [0.1, 0.15) is 5.82 Å². The van der Waals surface area contributed by atoms with Crippen LogP contribution in [0.15, 0.2) is 89.7 Å². The highest BCUT2D eigenvalue weighted by molar-refractivity contribution is 5.35. The van der Waals surface area contributed by atoms with Crippen molar-refractivity contribution in [3.63, 3.8) is 0 Å². The van der Waals surface area contributed by atoms with Crippen molar-refractivity contribution >= 4 is 0 Å². The van der Waals surface area contributed by atoms with Gasteiger partial charge < -0.3 is 0 Å². The molecule has 4 aromatic rings. The summed E-state index contributed by atoms with van der Waals surface area (Å²) in [6.45, 7) is 2.75. The van der Waals surface area contributed by atoms with Gasteiger partial charge in [0.2, 0.25) is 0 Å². The van der Waals surface area contributed by atoms with Crippen LogP contribution in [0.3, 0.4) is 0 Å². The molecule has 0 radical (unpaired) electrons. The van der Waals surface area contributed by atoms with Crippen LogP contribution in [0.25, 0.3) is 0 Å². The van der Waals surface area contributed by atoms with Crippen LogP contribution in [-0.2, 0) is 25.7 Å². The second-order valence-electron chi connectivity index (χ2n) is 9.10. The van der Waals surface area contributed by atoms with Gasteiger partial charge >= 0.3 is 6.18 Å². The van der Waals surface area contributed by atoms with Gasteiger partial charge in [0.25, 0.3) is 5.56 Å². The van der Waals surface area contributed by atoms with Gasteiger partial charge in [-0.25, -0.2) is 4.98 Å². The van der Waals surface area contributed by atoms with E-state index in [1.807, 2.05) is 72.5 Å². The zero-order valence-corrected chi connectivity index (χ0v) is 19.9. The van der Waals surface area contributed by atoms with Crippen LogP contribution < -0.4 is 5.56 Å². The van der Waals surface area contributed by atoms with E-state index in [0.717, 1.165) is 22.9 Å². The fourth-order valence-corrected chi connectivity index (χ4v) is 5.04. The molecule has 0 unspecified atom stereocenters. The molecule has 0 bridgehead atoms. The molecular formula is C29H26F3N3O. The maximum Gasteiger partial charge on any atom is 0.416 e. The van der Waals surface area contributed by atoms with E-state index < -0.39 is 11.7 Å². The van der Waals surface area contributed by atoms with Crippen molar-refractivity contribution in [2.24, 2.45) is 0 Å². The number of hydrogen-bond acceptors (Lipinski definition) is 3. The summed E-state index contributed by atoms with van der Waals surface area (Å²) in [5, 5.41) is 0. The summed E-state index contributed by atoms with van der Waals surface area (Å²) >= 11 is 0. The third-order valence-electron chi connectivity index (χ3n) is 6.72. The Bertz CT molecular complexity index is 1380. The predicted molar refractivity (Wildman–Crippen MR) is 133 cm³/mol. The van der Waals surface area contributed by atoms with Crippen molar-refractivity contribution in [1.82, 2.24) is 14.5 Å². The number of halogens is 3. The largest absolute Gasteiger partial charge is 0.416 e. The molecule has 1 aliphatic heterocycles. The Balaban J connectivity index is 1.54. The molecule has 36 heavy (non-hydrogen) atoms. The molecule has 0 saturated carbocycles. The van der Waals surface area contributed by atoms with Crippen LogP contribution >= 0.6 is 0 Å². The van der Waals surface area contributed by atoms with Crippen molar-refractivity contribution < 1.29 is 13.2 Å². The first kappa shape index (κ1) is 24.0. The molecule has 0 atom stereocenters. The average molecular weight is 490 g/mol. The SMILES string of the molecule is Cc1nc2c(c(=O)n1C(c1ccccc1)c1ccccc1)CN(Cc1ccccc1C(F)(F)F)CC2. The van der Waals surface area contributed by atoms with Gasteiger partial charge in [-0.15, -0.1) is 0 Å². The molecule has 4 nitrogen and oxygen atoms in total. The Kier molecular flexibility index (Phi) is 6.49. The van der Waals surface area contributed by atoms with Gasteiger partial charge in [0, 0.05) is 26.1 Å². The molecule has 2 heterocycles. The van der Waals surface area contributed by atoms with Gasteiger partial charge in [0.05, 0.1) is 22.9 Å². The summed E-state index contributed by atoms with van der Waals surface area (Å²) in [6, 6.07) is 24.9. The van der Waals surface area contributed by atoms with Crippen molar-refractivity contribution in [3.05, 3.63) is 135 Å². The lowest BCUT2D eigenvalue weighted by Crippen LogP contribution is -2.40. The van der Waals surface area contributed by atoms with Crippen LogP contribution in [0.2, 0.25) is 0 Å². The minimum Gasteiger partial charge on any atom is -0.294 e. The summed E-state index contributed by atoms with van der Waals surface area (Å²) in [6.07, 6.45) is -3.91. The third-order valence-corrected chi connectivity index (χ3v) is 6.72. The first-order valence-corrected chi connectivity index (χ1v) is 11.9. The number of aryl methyl sites for hydroxylation is 1. The Labute approximate surface area is 207 Å². The standard InChI is InChI=1S/C29H26F3N3O/c1-20-33-26-16-17-34(18-23-14-8-9-15-25(23)29(30,31)32)19-24(26)28(36)35(20)27(21-10-4-2-5-11-21)22-12-6-3-7-13-22/h2-15,27H,16-19H2,1H3. The lowest BCUT2D eigenvalue weighted by Gasteiger charge is -2.31. The predicted octanol–water partition coefficient (Wildman–Crippen LogP) is 5.77. The first-order chi connectivity index (χ1) is 17.3. The van der Waals surface area contributed by atoms with E-state index in [1.165, 1.54) is 12.1 Å². The van der Waals surface area contributed by atoms with Crippen molar-refractivity contribution in [2.45, 2.75) is 38.7 Å². The highest BCUT2D eigenvalue weighted by Gasteiger charge is 2.34. The summed E-state index contributed by atoms with van der Waals surface area (Å²) in [5.41, 5.74) is 2.62. The van der Waals surface area contributed by atoms with Gasteiger partial charge in [-0.2, -0.15) is 13.2 Å². The minimum atomic E-state index is -4.42. The van der Waals surface area contributed by atoms with Crippen LogP contribution in [-0.4, -0.2) is 21.0 Å². The number of nitrogens with zero attached hydrogens (tertiary/aromatic N) is 3. The van der Waals surface area contributed by atoms with E-state index in [2.05, 4.69) is 0 Å². The molecule has 0 fully saturated rings. The van der Waals surface area contributed by atoms with Gasteiger partial charge in [0.15, 0.2) is 0 Å². The second-order valence-corrected chi connectivity index (χ2v) is 9.10. The number of rotatable bonds is 5. The fourth-order valence-electron chi connectivity index (χ4n) is 5.04. The van der Waals surface area contributed by atoms with E-state index in [1.54, 1.807) is 10.6 Å². The minimum absolute atomic E-state index is 0.114. The fraction of sp³-hybridized carbons (Fsp3) is 0.241. The van der Waals surface area contributed by atoms with Gasteiger partial charge in [-0.05, 0) is 29.7 Å². The Hall–Kier alpha value is -3.71. The van der Waals surface area contributed by atoms with Crippen molar-refractivity contribution in [2.75, 3.05) is 6.54 Å². The van der Waals surface area contributed by atoms with E-state index in [-0.39, 0.29) is 30.3 Å². The summed E-state index contributed by atoms with van der Waals surface area (Å²) < 4.78 is 42.3. The lowest BCUT2D eigenvalue weighted by atomic mass is 9.97. The molecule has 0 saturated heterocycles. The zero-order chi connectivity index (χ0) is 25.3. The molecule has 7 heteroatoms. The molecule has 1 aliphatic rings. The van der Waals surface area contributed by atoms with Gasteiger partial charge in [-0.3, -0.25) is 14.3 Å². The molecular weight excluding hydrogens is 463 g/mol. The third kappa shape index (κ3) is 4.71. The van der Waals surface area contributed by atoms with E-state index in [0.29, 0.717) is 24.4 Å². The molecule has 184 valence electrons. The van der Waals surface area contributed by atoms with Crippen LogP contribution in [0.5, 0.6) is 0 Å². The molecule has 0 spiro atoms. The summed E-state index contributed by atoms with van der Waals surface area (Å²) in [4.78, 5) is 20.7. The Morgan fingerprint density at radius 3 is 2.08 bits per heavy atom. The molecule has 1 aromatic heterocycles. The summed E-state index contributed by atoms with van der Waals surface area (Å²) in [5.74, 6) is 0.618. The number of fused-ring (bicyclic) bond motifs is 1. The molecule has 5 rings (SSSR count). The van der Waals surface area contributed by atoms with E-state index in [9.17, 15) is 18.0 Å². The average Bonchev–Trinajstić information content (AvgIpc) is 2.88. The van der Waals surface area contributed by atoms with Crippen molar-refractivity contribution in [1.29, 1.82) is 0 Å². The van der Waals surface area contributed by atoms with E-state index in [4.69, 9.17) is 4.98 Å². The molecule has 0 aliphatic carbocycles. The Morgan fingerprint density at radius 2 is 1.47 bits per heavy atom. The zero-order valence-electron chi connectivity index (χ0n) is 19.9. The quantitative estimate of drug-likeness (QED) is 0.357. The van der Waals surface area contributed by atoms with Crippen LogP contribution in [0.1, 0.15) is 45.4 Å². The highest BCUT2D eigenvalue weighted by Crippen LogP contribution is 2.33. The Morgan fingerprint density at radius 1 is 0.889 bits per heavy atom.